The maximum absolute atomic E-state index is 11.8. The number of amides is 1. The summed E-state index contributed by atoms with van der Waals surface area (Å²) in [5.41, 5.74) is 2.63. The Hall–Kier alpha value is -3.39. The number of anilines is 2. The summed E-state index contributed by atoms with van der Waals surface area (Å²) >= 11 is 6.48. The number of rotatable bonds is 4. The Morgan fingerprint density at radius 2 is 1.94 bits per heavy atom. The lowest BCUT2D eigenvalue weighted by atomic mass is 10.0. The second kappa shape index (κ2) is 8.27. The number of halogens is 1. The Morgan fingerprint density at radius 1 is 1.12 bits per heavy atom. The van der Waals surface area contributed by atoms with Gasteiger partial charge in [-0.1, -0.05) is 23.7 Å². The number of hydrogen-bond acceptors (Lipinski definition) is 6. The van der Waals surface area contributed by atoms with Crippen LogP contribution in [0.2, 0.25) is 5.02 Å². The highest BCUT2D eigenvalue weighted by Gasteiger charge is 2.24. The molecule has 5 rings (SSSR count). The summed E-state index contributed by atoms with van der Waals surface area (Å²) in [5, 5.41) is 9.57. The standard InChI is InChI=1S/C23H24ClN7O/c1-15(27-21-6-8-25-20-7-9-26-31(20)21)18-14-17-4-3-5-19(24)22(17)28-23(18)30-12-10-29(11-13-30)16(2)32/h3-9,14-15,27H,10-13H2,1-2H3/t15-/m0/s1. The number of carbonyl (C=O) groups excluding carboxylic acids is 1. The van der Waals surface area contributed by atoms with E-state index in [0.29, 0.717) is 18.1 Å². The highest BCUT2D eigenvalue weighted by molar-refractivity contribution is 6.35. The fourth-order valence-corrected chi connectivity index (χ4v) is 4.44. The Labute approximate surface area is 190 Å². The molecular formula is C23H24ClN7O. The Bertz CT molecular complexity index is 1300. The van der Waals surface area contributed by atoms with Gasteiger partial charge in [-0.3, -0.25) is 4.79 Å². The lowest BCUT2D eigenvalue weighted by Crippen LogP contribution is -2.48. The Morgan fingerprint density at radius 3 is 2.72 bits per heavy atom. The van der Waals surface area contributed by atoms with E-state index >= 15 is 0 Å². The normalized spacial score (nSPS) is 15.3. The molecule has 1 amide bonds. The SMILES string of the molecule is CC(=O)N1CCN(c2nc3c(Cl)cccc3cc2[C@H](C)Nc2ccnc3ccnn23)CC1. The molecule has 0 spiro atoms. The zero-order valence-electron chi connectivity index (χ0n) is 18.0. The fourth-order valence-electron chi connectivity index (χ4n) is 4.22. The van der Waals surface area contributed by atoms with E-state index in [1.54, 1.807) is 23.8 Å². The van der Waals surface area contributed by atoms with E-state index in [-0.39, 0.29) is 11.9 Å². The summed E-state index contributed by atoms with van der Waals surface area (Å²) in [4.78, 5) is 25.2. The molecule has 9 heteroatoms. The average molecular weight is 450 g/mol. The Kier molecular flexibility index (Phi) is 5.30. The molecule has 8 nitrogen and oxygen atoms in total. The lowest BCUT2D eigenvalue weighted by Gasteiger charge is -2.36. The molecule has 3 aromatic heterocycles. The van der Waals surface area contributed by atoms with Gasteiger partial charge in [0.15, 0.2) is 5.65 Å². The summed E-state index contributed by atoms with van der Waals surface area (Å²) in [6.45, 7) is 6.53. The number of hydrogen-bond donors (Lipinski definition) is 1. The molecule has 1 atom stereocenters. The van der Waals surface area contributed by atoms with Crippen LogP contribution in [0.15, 0.2) is 48.8 Å². The molecule has 0 aliphatic carbocycles. The first-order valence-corrected chi connectivity index (χ1v) is 11.0. The highest BCUT2D eigenvalue weighted by Crippen LogP contribution is 2.33. The van der Waals surface area contributed by atoms with Gasteiger partial charge in [-0.15, -0.1) is 0 Å². The van der Waals surface area contributed by atoms with Gasteiger partial charge in [-0.05, 0) is 25.1 Å². The predicted molar refractivity (Wildman–Crippen MR) is 126 cm³/mol. The van der Waals surface area contributed by atoms with Crippen molar-refractivity contribution in [2.24, 2.45) is 0 Å². The number of fused-ring (bicyclic) bond motifs is 2. The molecule has 32 heavy (non-hydrogen) atoms. The second-order valence-corrected chi connectivity index (χ2v) is 8.41. The number of nitrogens with zero attached hydrogens (tertiary/aromatic N) is 6. The molecule has 0 saturated carbocycles. The molecule has 1 saturated heterocycles. The van der Waals surface area contributed by atoms with Gasteiger partial charge in [0.25, 0.3) is 0 Å². The van der Waals surface area contributed by atoms with Gasteiger partial charge in [0.1, 0.15) is 11.6 Å². The minimum atomic E-state index is -0.0541. The molecule has 0 radical (unpaired) electrons. The summed E-state index contributed by atoms with van der Waals surface area (Å²) in [5.74, 6) is 1.85. The average Bonchev–Trinajstić information content (AvgIpc) is 3.29. The third-order valence-corrected chi connectivity index (χ3v) is 6.26. The minimum Gasteiger partial charge on any atom is -0.363 e. The first kappa shape index (κ1) is 20.5. The molecule has 4 aromatic rings. The fraction of sp³-hybridized carbons (Fsp3) is 0.304. The first-order chi connectivity index (χ1) is 15.5. The molecule has 0 bridgehead atoms. The van der Waals surface area contributed by atoms with E-state index in [1.165, 1.54) is 0 Å². The maximum Gasteiger partial charge on any atom is 0.219 e. The molecule has 1 fully saturated rings. The van der Waals surface area contributed by atoms with Crippen LogP contribution in [-0.2, 0) is 4.79 Å². The van der Waals surface area contributed by atoms with Crippen LogP contribution in [0.5, 0.6) is 0 Å². The number of nitrogens with one attached hydrogen (secondary N) is 1. The van der Waals surface area contributed by atoms with Crippen molar-refractivity contribution < 1.29 is 4.79 Å². The summed E-state index contributed by atoms with van der Waals surface area (Å²) < 4.78 is 1.78. The Balaban J connectivity index is 1.54. The predicted octanol–water partition coefficient (Wildman–Crippen LogP) is 3.77. The van der Waals surface area contributed by atoms with Crippen LogP contribution in [-0.4, -0.2) is 56.6 Å². The van der Waals surface area contributed by atoms with E-state index < -0.39 is 0 Å². The molecule has 1 aliphatic heterocycles. The van der Waals surface area contributed by atoms with Crippen LogP contribution in [0.4, 0.5) is 11.6 Å². The van der Waals surface area contributed by atoms with Gasteiger partial charge in [0.2, 0.25) is 5.91 Å². The van der Waals surface area contributed by atoms with E-state index in [1.807, 2.05) is 35.2 Å². The van der Waals surface area contributed by atoms with Crippen LogP contribution >= 0.6 is 11.6 Å². The molecule has 4 heterocycles. The summed E-state index contributed by atoms with van der Waals surface area (Å²) in [7, 11) is 0. The van der Waals surface area contributed by atoms with Crippen LogP contribution < -0.4 is 10.2 Å². The topological polar surface area (TPSA) is 78.7 Å². The van der Waals surface area contributed by atoms with Crippen molar-refractivity contribution >= 4 is 45.7 Å². The van der Waals surface area contributed by atoms with E-state index in [0.717, 1.165) is 46.8 Å². The van der Waals surface area contributed by atoms with Crippen molar-refractivity contribution in [1.29, 1.82) is 0 Å². The summed E-state index contributed by atoms with van der Waals surface area (Å²) in [6.07, 6.45) is 3.50. The van der Waals surface area contributed by atoms with Crippen molar-refractivity contribution in [3.63, 3.8) is 0 Å². The molecule has 1 N–H and O–H groups in total. The number of carbonyl (C=O) groups is 1. The van der Waals surface area contributed by atoms with Gasteiger partial charge in [0, 0.05) is 56.3 Å². The monoisotopic (exact) mass is 449 g/mol. The van der Waals surface area contributed by atoms with Crippen molar-refractivity contribution in [2.45, 2.75) is 19.9 Å². The number of benzene rings is 1. The molecular weight excluding hydrogens is 426 g/mol. The van der Waals surface area contributed by atoms with Gasteiger partial charge in [-0.2, -0.15) is 9.61 Å². The van der Waals surface area contributed by atoms with Crippen LogP contribution in [0.25, 0.3) is 16.6 Å². The lowest BCUT2D eigenvalue weighted by molar-refractivity contribution is -0.129. The quantitative estimate of drug-likeness (QED) is 0.511. The number of aromatic nitrogens is 4. The maximum atomic E-state index is 11.8. The smallest absolute Gasteiger partial charge is 0.219 e. The van der Waals surface area contributed by atoms with E-state index in [4.69, 9.17) is 16.6 Å². The van der Waals surface area contributed by atoms with Gasteiger partial charge >= 0.3 is 0 Å². The van der Waals surface area contributed by atoms with Gasteiger partial charge in [0.05, 0.1) is 22.8 Å². The largest absolute Gasteiger partial charge is 0.363 e. The zero-order valence-corrected chi connectivity index (χ0v) is 18.8. The van der Waals surface area contributed by atoms with Gasteiger partial charge in [-0.25, -0.2) is 9.97 Å². The zero-order chi connectivity index (χ0) is 22.2. The van der Waals surface area contributed by atoms with Crippen LogP contribution in [0.1, 0.15) is 25.5 Å². The van der Waals surface area contributed by atoms with Crippen molar-refractivity contribution in [2.75, 3.05) is 36.4 Å². The van der Waals surface area contributed by atoms with Gasteiger partial charge < -0.3 is 15.1 Å². The first-order valence-electron chi connectivity index (χ1n) is 10.7. The number of para-hydroxylation sites is 1. The third-order valence-electron chi connectivity index (χ3n) is 5.95. The van der Waals surface area contributed by atoms with E-state index in [9.17, 15) is 4.79 Å². The number of piperazine rings is 1. The number of pyridine rings is 1. The molecule has 164 valence electrons. The van der Waals surface area contributed by atoms with Crippen LogP contribution in [0, 0.1) is 0 Å². The van der Waals surface area contributed by atoms with Crippen molar-refractivity contribution in [3.05, 3.63) is 59.4 Å². The van der Waals surface area contributed by atoms with Crippen molar-refractivity contribution in [3.8, 4) is 0 Å². The molecule has 1 aromatic carbocycles. The summed E-state index contributed by atoms with van der Waals surface area (Å²) in [6, 6.07) is 11.7. The molecule has 1 aliphatic rings. The van der Waals surface area contributed by atoms with Crippen molar-refractivity contribution in [1.82, 2.24) is 24.5 Å². The second-order valence-electron chi connectivity index (χ2n) is 8.00. The molecule has 0 unspecified atom stereocenters. The van der Waals surface area contributed by atoms with E-state index in [2.05, 4.69) is 33.3 Å². The van der Waals surface area contributed by atoms with Crippen LogP contribution in [0.3, 0.4) is 0 Å². The third kappa shape index (κ3) is 3.71. The minimum absolute atomic E-state index is 0.0541. The highest BCUT2D eigenvalue weighted by atomic mass is 35.5.